The normalized spacial score (nSPS) is 19.7. The van der Waals surface area contributed by atoms with E-state index in [2.05, 4.69) is 21.8 Å². The number of benzene rings is 1. The Morgan fingerprint density at radius 1 is 1.21 bits per heavy atom. The molecule has 1 saturated heterocycles. The van der Waals surface area contributed by atoms with Crippen LogP contribution in [0.15, 0.2) is 36.7 Å². The van der Waals surface area contributed by atoms with Crippen LogP contribution in [0.1, 0.15) is 33.6 Å². The molecule has 0 radical (unpaired) electrons. The minimum atomic E-state index is -0.950. The highest BCUT2D eigenvalue weighted by Gasteiger charge is 2.54. The number of ether oxygens (including phenoxy) is 1. The molecule has 38 heavy (non-hydrogen) atoms. The molecule has 3 aromatic rings. The lowest BCUT2D eigenvalue weighted by atomic mass is 10.1. The summed E-state index contributed by atoms with van der Waals surface area (Å²) in [6.07, 6.45) is 3.70. The first-order valence-corrected chi connectivity index (χ1v) is 12.0. The number of aromatic nitrogens is 2. The van der Waals surface area contributed by atoms with Crippen LogP contribution in [0.2, 0.25) is 0 Å². The van der Waals surface area contributed by atoms with E-state index in [-0.39, 0.29) is 23.6 Å². The summed E-state index contributed by atoms with van der Waals surface area (Å²) in [7, 11) is 2.96. The Morgan fingerprint density at radius 3 is 2.58 bits per heavy atom. The summed E-state index contributed by atoms with van der Waals surface area (Å²) in [4.78, 5) is 38.7. The van der Waals surface area contributed by atoms with Gasteiger partial charge in [-0.15, -0.1) is 0 Å². The highest BCUT2D eigenvalue weighted by atomic mass is 19.1. The molecule has 1 aliphatic heterocycles. The van der Waals surface area contributed by atoms with Gasteiger partial charge in [0.05, 0.1) is 46.7 Å². The van der Waals surface area contributed by atoms with Crippen LogP contribution in [-0.4, -0.2) is 71.6 Å². The van der Waals surface area contributed by atoms with Crippen LogP contribution in [0.4, 0.5) is 10.1 Å². The first-order valence-electron chi connectivity index (χ1n) is 12.0. The van der Waals surface area contributed by atoms with Crippen LogP contribution < -0.4 is 16.4 Å². The molecule has 0 spiro atoms. The van der Waals surface area contributed by atoms with Crippen LogP contribution in [0.5, 0.6) is 0 Å². The van der Waals surface area contributed by atoms with Crippen molar-refractivity contribution in [3.63, 3.8) is 0 Å². The first-order chi connectivity index (χ1) is 18.2. The molecule has 5 rings (SSSR count). The van der Waals surface area contributed by atoms with E-state index in [9.17, 15) is 24.0 Å². The Bertz CT molecular complexity index is 1510. The number of methoxy groups -OCH3 is 1. The van der Waals surface area contributed by atoms with Crippen LogP contribution in [-0.2, 0) is 9.53 Å². The number of nitrogens with two attached hydrogens (primary N) is 1. The molecule has 2 aromatic heterocycles. The van der Waals surface area contributed by atoms with Gasteiger partial charge < -0.3 is 26.0 Å². The van der Waals surface area contributed by atoms with Crippen molar-refractivity contribution >= 4 is 28.9 Å². The Hall–Kier alpha value is -4.50. The first kappa shape index (κ1) is 25.2. The number of nitriles is 1. The van der Waals surface area contributed by atoms with Crippen molar-refractivity contribution in [3.05, 3.63) is 53.6 Å². The zero-order chi connectivity index (χ0) is 27.2. The minimum Gasteiger partial charge on any atom is -0.377 e. The third kappa shape index (κ3) is 4.20. The molecule has 11 nitrogen and oxygen atoms in total. The third-order valence-electron chi connectivity index (χ3n) is 7.24. The molecule has 3 heterocycles. The van der Waals surface area contributed by atoms with Gasteiger partial charge in [0.1, 0.15) is 11.2 Å². The molecular weight excluding hydrogens is 493 g/mol. The van der Waals surface area contributed by atoms with Crippen molar-refractivity contribution in [2.24, 2.45) is 11.1 Å². The lowest BCUT2D eigenvalue weighted by Crippen LogP contribution is -2.37. The molecule has 0 unspecified atom stereocenters. The Labute approximate surface area is 217 Å². The van der Waals surface area contributed by atoms with Gasteiger partial charge in [0.2, 0.25) is 5.91 Å². The van der Waals surface area contributed by atoms with Gasteiger partial charge in [0, 0.05) is 39.0 Å². The molecule has 3 amide bonds. The van der Waals surface area contributed by atoms with Crippen molar-refractivity contribution in [2.45, 2.75) is 25.0 Å². The van der Waals surface area contributed by atoms with Gasteiger partial charge in [-0.2, -0.15) is 10.4 Å². The van der Waals surface area contributed by atoms with Crippen molar-refractivity contribution in [1.82, 2.24) is 19.8 Å². The van der Waals surface area contributed by atoms with E-state index in [0.717, 1.165) is 0 Å². The molecule has 2 aliphatic rings. The fourth-order valence-electron chi connectivity index (χ4n) is 4.87. The largest absolute Gasteiger partial charge is 0.377 e. The molecule has 196 valence electrons. The quantitative estimate of drug-likeness (QED) is 0.428. The lowest BCUT2D eigenvalue weighted by molar-refractivity contribution is -0.134. The summed E-state index contributed by atoms with van der Waals surface area (Å²) in [5.41, 5.74) is 6.76. The standard InChI is InChI=1S/C26H26FN7O4/c1-30-24(36)16-4-3-14(7-18(16)27)15-8-20-22(17(23(29)35)9-31-34(20)10-15)32-19-11-33(12-21(19)38-2)25(37)26(13-28)5-6-26/h3-4,7-10,19,21,32H,5-6,11-12H2,1-2H3,(H2,29,35)(H,30,36)/t19-,21-/m1/s1. The van der Waals surface area contributed by atoms with Gasteiger partial charge in [0.15, 0.2) is 0 Å². The van der Waals surface area contributed by atoms with Gasteiger partial charge in [-0.3, -0.25) is 14.4 Å². The number of halogens is 1. The zero-order valence-electron chi connectivity index (χ0n) is 20.8. The van der Waals surface area contributed by atoms with Crippen LogP contribution in [0, 0.1) is 22.6 Å². The fraction of sp³-hybridized carbons (Fsp3) is 0.346. The molecule has 1 aliphatic carbocycles. The SMILES string of the molecule is CNC(=O)c1ccc(-c2cc3c(N[C@@H]4CN(C(=O)C5(C#N)CC5)C[C@H]4OC)c(C(N)=O)cnn3c2)cc1F. The summed E-state index contributed by atoms with van der Waals surface area (Å²) in [5.74, 6) is -2.12. The minimum absolute atomic E-state index is 0.0770. The Balaban J connectivity index is 1.49. The summed E-state index contributed by atoms with van der Waals surface area (Å²) < 4.78 is 21.8. The average Bonchev–Trinajstić information content (AvgIpc) is 3.41. The van der Waals surface area contributed by atoms with Crippen LogP contribution in [0.3, 0.4) is 0 Å². The van der Waals surface area contributed by atoms with E-state index in [1.165, 1.54) is 37.0 Å². The highest BCUT2D eigenvalue weighted by molar-refractivity contribution is 6.02. The van der Waals surface area contributed by atoms with Gasteiger partial charge in [-0.05, 0) is 36.6 Å². The number of primary amides is 1. The number of nitrogens with zero attached hydrogens (tertiary/aromatic N) is 4. The number of carbonyl (C=O) groups is 3. The predicted octanol–water partition coefficient (Wildman–Crippen LogP) is 1.54. The summed E-state index contributed by atoms with van der Waals surface area (Å²) in [6, 6.07) is 7.74. The molecular formula is C26H26FN7O4. The zero-order valence-corrected chi connectivity index (χ0v) is 20.8. The molecule has 4 N–H and O–H groups in total. The van der Waals surface area contributed by atoms with E-state index >= 15 is 0 Å². The smallest absolute Gasteiger partial charge is 0.253 e. The number of fused-ring (bicyclic) bond motifs is 1. The number of likely N-dealkylation sites (tertiary alicyclic amines) is 1. The Kier molecular flexibility index (Phi) is 6.24. The average molecular weight is 520 g/mol. The summed E-state index contributed by atoms with van der Waals surface area (Å²) in [5, 5.41) is 19.5. The fourth-order valence-corrected chi connectivity index (χ4v) is 4.87. The number of amides is 3. The maximum absolute atomic E-state index is 14.6. The monoisotopic (exact) mass is 519 g/mol. The highest BCUT2D eigenvalue weighted by Crippen LogP contribution is 2.47. The van der Waals surface area contributed by atoms with Crippen LogP contribution >= 0.6 is 0 Å². The Morgan fingerprint density at radius 2 is 1.97 bits per heavy atom. The van der Waals surface area contributed by atoms with E-state index < -0.39 is 35.2 Å². The topological polar surface area (TPSA) is 155 Å². The number of anilines is 1. The number of hydrogen-bond acceptors (Lipinski definition) is 7. The van der Waals surface area contributed by atoms with Gasteiger partial charge in [0.25, 0.3) is 11.8 Å². The van der Waals surface area contributed by atoms with Crippen molar-refractivity contribution in [2.75, 3.05) is 32.6 Å². The van der Waals surface area contributed by atoms with Gasteiger partial charge in [-0.1, -0.05) is 6.07 Å². The van der Waals surface area contributed by atoms with Crippen LogP contribution in [0.25, 0.3) is 16.6 Å². The van der Waals surface area contributed by atoms with E-state index in [4.69, 9.17) is 10.5 Å². The van der Waals surface area contributed by atoms with Crippen molar-refractivity contribution in [1.29, 1.82) is 5.26 Å². The maximum Gasteiger partial charge on any atom is 0.253 e. The number of rotatable bonds is 7. The lowest BCUT2D eigenvalue weighted by Gasteiger charge is -2.21. The molecule has 0 bridgehead atoms. The second kappa shape index (κ2) is 9.42. The van der Waals surface area contributed by atoms with E-state index in [1.54, 1.807) is 23.2 Å². The summed E-state index contributed by atoms with van der Waals surface area (Å²) >= 11 is 0. The third-order valence-corrected chi connectivity index (χ3v) is 7.24. The molecule has 2 fully saturated rings. The second-order valence-electron chi connectivity index (χ2n) is 9.56. The molecule has 2 atom stereocenters. The number of nitrogens with one attached hydrogen (secondary N) is 2. The van der Waals surface area contributed by atoms with Gasteiger partial charge >= 0.3 is 0 Å². The predicted molar refractivity (Wildman–Crippen MR) is 135 cm³/mol. The molecule has 1 saturated carbocycles. The summed E-state index contributed by atoms with van der Waals surface area (Å²) in [6.45, 7) is 0.570. The van der Waals surface area contributed by atoms with Crippen molar-refractivity contribution < 1.29 is 23.5 Å². The van der Waals surface area contributed by atoms with Crippen molar-refractivity contribution in [3.8, 4) is 17.2 Å². The van der Waals surface area contributed by atoms with E-state index in [0.29, 0.717) is 41.7 Å². The maximum atomic E-state index is 14.6. The second-order valence-corrected chi connectivity index (χ2v) is 9.56. The number of carbonyl (C=O) groups excluding carboxylic acids is 3. The molecule has 1 aromatic carbocycles. The number of hydrogen-bond donors (Lipinski definition) is 3. The molecule has 12 heteroatoms. The van der Waals surface area contributed by atoms with Gasteiger partial charge in [-0.25, -0.2) is 8.91 Å². The van der Waals surface area contributed by atoms with E-state index in [1.807, 2.05) is 0 Å².